The smallest absolute Gasteiger partial charge is 0.230 e. The normalized spacial score (nSPS) is 18.9. The lowest BCUT2D eigenvalue weighted by Gasteiger charge is -2.36. The van der Waals surface area contributed by atoms with E-state index in [9.17, 15) is 4.79 Å². The van der Waals surface area contributed by atoms with Gasteiger partial charge in [-0.05, 0) is 55.0 Å². The van der Waals surface area contributed by atoms with Crippen molar-refractivity contribution in [3.8, 4) is 6.07 Å². The molecule has 0 bridgehead atoms. The number of nitrogens with zero attached hydrogens (tertiary/aromatic N) is 4. The Morgan fingerprint density at radius 1 is 1.13 bits per heavy atom. The van der Waals surface area contributed by atoms with Crippen LogP contribution in [0.5, 0.6) is 0 Å². The van der Waals surface area contributed by atoms with Gasteiger partial charge in [-0.25, -0.2) is 4.98 Å². The number of nitriles is 1. The predicted molar refractivity (Wildman–Crippen MR) is 117 cm³/mol. The summed E-state index contributed by atoms with van der Waals surface area (Å²) in [5.41, 5.74) is 4.00. The summed E-state index contributed by atoms with van der Waals surface area (Å²) in [6.07, 6.45) is 6.69. The van der Waals surface area contributed by atoms with E-state index < -0.39 is 0 Å². The maximum atomic E-state index is 12.9. The molecule has 0 aliphatic carbocycles. The number of hydrogen-bond acceptors (Lipinski definition) is 3. The fourth-order valence-electron chi connectivity index (χ4n) is 4.27. The number of benzene rings is 2. The van der Waals surface area contributed by atoms with Crippen molar-refractivity contribution in [1.29, 1.82) is 5.26 Å². The minimum Gasteiger partial charge on any atom is -0.330 e. The van der Waals surface area contributed by atoms with E-state index in [1.54, 1.807) is 0 Å². The van der Waals surface area contributed by atoms with Gasteiger partial charge in [0.15, 0.2) is 0 Å². The number of carbonyl (C=O) groups is 1. The molecule has 2 aromatic carbocycles. The van der Waals surface area contributed by atoms with Crippen molar-refractivity contribution in [2.75, 3.05) is 11.4 Å². The molecule has 3 aromatic rings. The highest BCUT2D eigenvalue weighted by Crippen LogP contribution is 2.31. The van der Waals surface area contributed by atoms with Crippen molar-refractivity contribution in [3.05, 3.63) is 83.9 Å². The van der Waals surface area contributed by atoms with Crippen LogP contribution < -0.4 is 4.90 Å². The van der Waals surface area contributed by atoms with Crippen LogP contribution in [0.4, 0.5) is 5.69 Å². The second-order valence-electron chi connectivity index (χ2n) is 8.02. The monoisotopic (exact) mass is 398 g/mol. The standard InChI is InChI=1S/C25H26N4O/c1-19-22(13-14-29(25(19)30)23-5-3-2-4-6-23)11-12-24-16-27-18-28(24)17-21-9-7-20(15-26)8-10-21/h2-10,16,18-19,22H,11-14,17H2,1H3/t19-,22+/m1/s1. The highest BCUT2D eigenvalue weighted by molar-refractivity contribution is 5.95. The molecule has 5 heteroatoms. The van der Waals surface area contributed by atoms with Gasteiger partial charge in [0, 0.05) is 36.6 Å². The molecular weight excluding hydrogens is 372 g/mol. The molecule has 0 radical (unpaired) electrons. The average Bonchev–Trinajstić information content (AvgIpc) is 3.23. The van der Waals surface area contributed by atoms with Crippen molar-refractivity contribution < 1.29 is 4.79 Å². The molecule has 1 fully saturated rings. The van der Waals surface area contributed by atoms with Crippen LogP contribution in [0, 0.1) is 23.2 Å². The highest BCUT2D eigenvalue weighted by atomic mass is 16.2. The van der Waals surface area contributed by atoms with Gasteiger partial charge in [0.05, 0.1) is 18.0 Å². The highest BCUT2D eigenvalue weighted by Gasteiger charge is 2.33. The Hall–Kier alpha value is -3.39. The third kappa shape index (κ3) is 4.28. The van der Waals surface area contributed by atoms with E-state index in [1.165, 1.54) is 5.69 Å². The van der Waals surface area contributed by atoms with Gasteiger partial charge in [0.2, 0.25) is 5.91 Å². The molecule has 1 aliphatic heterocycles. The molecule has 0 unspecified atom stereocenters. The third-order valence-electron chi connectivity index (χ3n) is 6.16. The third-order valence-corrected chi connectivity index (χ3v) is 6.16. The summed E-state index contributed by atoms with van der Waals surface area (Å²) in [5.74, 6) is 0.633. The lowest BCUT2D eigenvalue weighted by atomic mass is 9.82. The number of piperidine rings is 1. The fraction of sp³-hybridized carbons (Fsp3) is 0.320. The van der Waals surface area contributed by atoms with E-state index in [0.29, 0.717) is 11.5 Å². The van der Waals surface area contributed by atoms with Crippen LogP contribution in [0.1, 0.15) is 36.6 Å². The molecular formula is C25H26N4O. The van der Waals surface area contributed by atoms with Crippen LogP contribution in [-0.2, 0) is 17.8 Å². The minimum atomic E-state index is 0.0221. The van der Waals surface area contributed by atoms with Gasteiger partial charge < -0.3 is 9.47 Å². The van der Waals surface area contributed by atoms with Gasteiger partial charge in [-0.1, -0.05) is 37.3 Å². The lowest BCUT2D eigenvalue weighted by Crippen LogP contribution is -2.44. The summed E-state index contributed by atoms with van der Waals surface area (Å²) in [5, 5.41) is 8.95. The Balaban J connectivity index is 1.37. The van der Waals surface area contributed by atoms with Crippen molar-refractivity contribution in [2.45, 2.75) is 32.7 Å². The van der Waals surface area contributed by atoms with Crippen molar-refractivity contribution in [2.24, 2.45) is 11.8 Å². The predicted octanol–water partition coefficient (Wildman–Crippen LogP) is 4.42. The van der Waals surface area contributed by atoms with Gasteiger partial charge in [0.25, 0.3) is 0 Å². The quantitative estimate of drug-likeness (QED) is 0.617. The van der Waals surface area contributed by atoms with Crippen LogP contribution in [0.2, 0.25) is 0 Å². The average molecular weight is 399 g/mol. The first kappa shape index (κ1) is 19.9. The van der Waals surface area contributed by atoms with E-state index in [-0.39, 0.29) is 11.8 Å². The zero-order valence-electron chi connectivity index (χ0n) is 17.2. The Labute approximate surface area is 177 Å². The molecule has 1 saturated heterocycles. The molecule has 1 amide bonds. The number of aryl methyl sites for hydroxylation is 1. The SMILES string of the molecule is C[C@H]1C(=O)N(c2ccccc2)CC[C@@H]1CCc1cncn1Cc1ccc(C#N)cc1. The summed E-state index contributed by atoms with van der Waals surface area (Å²) in [6.45, 7) is 3.58. The Morgan fingerprint density at radius 3 is 2.63 bits per heavy atom. The number of aromatic nitrogens is 2. The second kappa shape index (κ2) is 8.96. The van der Waals surface area contributed by atoms with Crippen molar-refractivity contribution in [1.82, 2.24) is 9.55 Å². The molecule has 0 N–H and O–H groups in total. The molecule has 4 rings (SSSR count). The van der Waals surface area contributed by atoms with E-state index in [4.69, 9.17) is 5.26 Å². The number of para-hydroxylation sites is 1. The molecule has 0 spiro atoms. The molecule has 0 saturated carbocycles. The zero-order chi connectivity index (χ0) is 20.9. The summed E-state index contributed by atoms with van der Waals surface area (Å²) in [6, 6.07) is 19.8. The zero-order valence-corrected chi connectivity index (χ0v) is 17.2. The van der Waals surface area contributed by atoms with E-state index in [0.717, 1.165) is 43.6 Å². The van der Waals surface area contributed by atoms with Gasteiger partial charge in [0.1, 0.15) is 0 Å². The Morgan fingerprint density at radius 2 is 1.90 bits per heavy atom. The molecule has 1 aromatic heterocycles. The van der Waals surface area contributed by atoms with Crippen molar-refractivity contribution in [3.63, 3.8) is 0 Å². The number of carbonyl (C=O) groups excluding carboxylic acids is 1. The van der Waals surface area contributed by atoms with Crippen LogP contribution >= 0.6 is 0 Å². The maximum Gasteiger partial charge on any atom is 0.230 e. The number of hydrogen-bond donors (Lipinski definition) is 0. The second-order valence-corrected chi connectivity index (χ2v) is 8.02. The number of anilines is 1. The van der Waals surface area contributed by atoms with Gasteiger partial charge >= 0.3 is 0 Å². The van der Waals surface area contributed by atoms with E-state index in [1.807, 2.05) is 72.0 Å². The molecule has 5 nitrogen and oxygen atoms in total. The maximum absolute atomic E-state index is 12.9. The first-order valence-corrected chi connectivity index (χ1v) is 10.5. The molecule has 30 heavy (non-hydrogen) atoms. The topological polar surface area (TPSA) is 61.9 Å². The molecule has 1 aliphatic rings. The fourth-order valence-corrected chi connectivity index (χ4v) is 4.27. The summed E-state index contributed by atoms with van der Waals surface area (Å²) in [7, 11) is 0. The number of rotatable bonds is 6. The van der Waals surface area contributed by atoms with E-state index in [2.05, 4.69) is 22.5 Å². The van der Waals surface area contributed by atoms with E-state index >= 15 is 0 Å². The van der Waals surface area contributed by atoms with Gasteiger partial charge in [-0.15, -0.1) is 0 Å². The first-order valence-electron chi connectivity index (χ1n) is 10.5. The Bertz CT molecular complexity index is 1030. The van der Waals surface area contributed by atoms with Crippen LogP contribution in [0.25, 0.3) is 0 Å². The Kier molecular flexibility index (Phi) is 5.94. The van der Waals surface area contributed by atoms with Crippen molar-refractivity contribution >= 4 is 11.6 Å². The largest absolute Gasteiger partial charge is 0.330 e. The summed E-state index contributed by atoms with van der Waals surface area (Å²) >= 11 is 0. The van der Waals surface area contributed by atoms with Crippen LogP contribution in [-0.4, -0.2) is 22.0 Å². The molecule has 152 valence electrons. The van der Waals surface area contributed by atoms with Gasteiger partial charge in [-0.3, -0.25) is 4.79 Å². The lowest BCUT2D eigenvalue weighted by molar-refractivity contribution is -0.125. The number of imidazole rings is 1. The molecule has 2 atom stereocenters. The number of amides is 1. The van der Waals surface area contributed by atoms with Gasteiger partial charge in [-0.2, -0.15) is 5.26 Å². The molecule has 2 heterocycles. The summed E-state index contributed by atoms with van der Waals surface area (Å²) in [4.78, 5) is 19.2. The van der Waals surface area contributed by atoms with Crippen LogP contribution in [0.3, 0.4) is 0 Å². The van der Waals surface area contributed by atoms with Crippen LogP contribution in [0.15, 0.2) is 67.1 Å². The minimum absolute atomic E-state index is 0.0221. The first-order chi connectivity index (χ1) is 14.7. The summed E-state index contributed by atoms with van der Waals surface area (Å²) < 4.78 is 2.16.